The van der Waals surface area contributed by atoms with Crippen LogP contribution in [0.2, 0.25) is 0 Å². The number of benzene rings is 1. The Morgan fingerprint density at radius 1 is 1.31 bits per heavy atom. The molecule has 4 heteroatoms. The van der Waals surface area contributed by atoms with Crippen LogP contribution in [0.3, 0.4) is 0 Å². The quantitative estimate of drug-likeness (QED) is 0.832. The number of aromatic amines is 1. The second-order valence-electron chi connectivity index (χ2n) is 3.35. The highest BCUT2D eigenvalue weighted by atomic mass is 79.9. The van der Waals surface area contributed by atoms with Crippen LogP contribution in [0.15, 0.2) is 16.6 Å². The Bertz CT molecular complexity index is 433. The van der Waals surface area contributed by atoms with Gasteiger partial charge in [0.25, 0.3) is 0 Å². The molecule has 0 fully saturated rings. The van der Waals surface area contributed by atoms with Gasteiger partial charge in [-0.3, -0.25) is 0 Å². The Hall–Kier alpha value is -0.900. The van der Waals surface area contributed by atoms with Crippen molar-refractivity contribution in [2.75, 3.05) is 0 Å². The third kappa shape index (κ3) is 1.46. The molecule has 0 bridgehead atoms. The maximum atomic E-state index is 4.06. The summed E-state index contributed by atoms with van der Waals surface area (Å²) in [6, 6.07) is 4.16. The summed E-state index contributed by atoms with van der Waals surface area (Å²) < 4.78 is 1.00. The van der Waals surface area contributed by atoms with Crippen molar-refractivity contribution in [1.82, 2.24) is 15.4 Å². The first kappa shape index (κ1) is 8.69. The molecular weight excluding hydrogens is 230 g/mol. The molecule has 0 unspecified atom stereocenters. The highest BCUT2D eigenvalue weighted by Crippen LogP contribution is 2.26. The fraction of sp³-hybridized carbons (Fsp3) is 0.333. The Morgan fingerprint density at radius 2 is 2.08 bits per heavy atom. The van der Waals surface area contributed by atoms with Gasteiger partial charge in [-0.1, -0.05) is 13.8 Å². The lowest BCUT2D eigenvalue weighted by atomic mass is 10.0. The molecule has 68 valence electrons. The predicted molar refractivity (Wildman–Crippen MR) is 55.7 cm³/mol. The van der Waals surface area contributed by atoms with E-state index in [0.717, 1.165) is 15.5 Å². The molecule has 0 saturated heterocycles. The normalized spacial score (nSPS) is 11.4. The number of nitrogens with zero attached hydrogens (tertiary/aromatic N) is 2. The molecule has 0 saturated carbocycles. The summed E-state index contributed by atoms with van der Waals surface area (Å²) in [6.07, 6.45) is 0. The predicted octanol–water partition coefficient (Wildman–Crippen LogP) is 2.84. The van der Waals surface area contributed by atoms with Gasteiger partial charge in [-0.2, -0.15) is 15.4 Å². The maximum absolute atomic E-state index is 4.06. The van der Waals surface area contributed by atoms with Crippen LogP contribution in [0.5, 0.6) is 0 Å². The smallest absolute Gasteiger partial charge is 0.127 e. The topological polar surface area (TPSA) is 41.6 Å². The zero-order valence-electron chi connectivity index (χ0n) is 7.50. The second-order valence-corrected chi connectivity index (χ2v) is 4.20. The Balaban J connectivity index is 2.70. The van der Waals surface area contributed by atoms with Gasteiger partial charge in [0.1, 0.15) is 11.0 Å². The molecule has 0 atom stereocenters. The number of aromatic nitrogens is 3. The maximum Gasteiger partial charge on any atom is 0.127 e. The minimum absolute atomic E-state index is 0.511. The second kappa shape index (κ2) is 3.10. The van der Waals surface area contributed by atoms with E-state index in [1.807, 2.05) is 0 Å². The summed E-state index contributed by atoms with van der Waals surface area (Å²) in [7, 11) is 0. The first-order chi connectivity index (χ1) is 6.18. The van der Waals surface area contributed by atoms with E-state index in [9.17, 15) is 0 Å². The number of hydrogen-bond acceptors (Lipinski definition) is 2. The third-order valence-electron chi connectivity index (χ3n) is 2.06. The number of fused-ring (bicyclic) bond motifs is 1. The molecule has 13 heavy (non-hydrogen) atoms. The van der Waals surface area contributed by atoms with Gasteiger partial charge < -0.3 is 0 Å². The van der Waals surface area contributed by atoms with Crippen LogP contribution in [0.4, 0.5) is 0 Å². The lowest BCUT2D eigenvalue weighted by Gasteiger charge is -2.04. The van der Waals surface area contributed by atoms with Crippen molar-refractivity contribution in [2.24, 2.45) is 0 Å². The Labute approximate surface area is 84.7 Å². The number of H-pyrrole nitrogens is 1. The molecule has 1 aromatic carbocycles. The molecule has 0 aliphatic carbocycles. The third-order valence-corrected chi connectivity index (χ3v) is 2.67. The first-order valence-corrected chi connectivity index (χ1v) is 4.97. The number of nitrogens with one attached hydrogen (secondary N) is 1. The summed E-state index contributed by atoms with van der Waals surface area (Å²) >= 11 is 3.47. The molecular formula is C9H10BrN3. The lowest BCUT2D eigenvalue weighted by Crippen LogP contribution is -1.87. The van der Waals surface area contributed by atoms with Gasteiger partial charge in [-0.05, 0) is 39.5 Å². The van der Waals surface area contributed by atoms with Crippen molar-refractivity contribution in [3.8, 4) is 0 Å². The van der Waals surface area contributed by atoms with Crippen molar-refractivity contribution >= 4 is 27.0 Å². The van der Waals surface area contributed by atoms with Gasteiger partial charge in [0.2, 0.25) is 0 Å². The summed E-state index contributed by atoms with van der Waals surface area (Å²) in [6.45, 7) is 4.32. The van der Waals surface area contributed by atoms with E-state index < -0.39 is 0 Å². The molecule has 1 heterocycles. The van der Waals surface area contributed by atoms with Crippen molar-refractivity contribution in [3.63, 3.8) is 0 Å². The largest absolute Gasteiger partial charge is 0.197 e. The number of halogens is 1. The van der Waals surface area contributed by atoms with Crippen molar-refractivity contribution < 1.29 is 0 Å². The number of hydrogen-bond donors (Lipinski definition) is 1. The summed E-state index contributed by atoms with van der Waals surface area (Å²) in [5.74, 6) is 0.511. The van der Waals surface area contributed by atoms with Crippen molar-refractivity contribution in [2.45, 2.75) is 19.8 Å². The fourth-order valence-corrected chi connectivity index (χ4v) is 1.82. The van der Waals surface area contributed by atoms with E-state index in [-0.39, 0.29) is 0 Å². The van der Waals surface area contributed by atoms with E-state index in [2.05, 4.69) is 57.3 Å². The average molecular weight is 240 g/mol. The van der Waals surface area contributed by atoms with Crippen molar-refractivity contribution in [3.05, 3.63) is 22.2 Å². The summed E-state index contributed by atoms with van der Waals surface area (Å²) in [5.41, 5.74) is 3.08. The zero-order valence-corrected chi connectivity index (χ0v) is 9.09. The zero-order chi connectivity index (χ0) is 9.42. The van der Waals surface area contributed by atoms with Gasteiger partial charge in [0, 0.05) is 4.47 Å². The molecule has 0 radical (unpaired) electrons. The molecule has 0 spiro atoms. The minimum atomic E-state index is 0.511. The van der Waals surface area contributed by atoms with Gasteiger partial charge >= 0.3 is 0 Å². The minimum Gasteiger partial charge on any atom is -0.197 e. The standard InChI is InChI=1S/C9H10BrN3/c1-5(2)6-3-7(10)9-8(4-6)11-13-12-9/h3-5H,1-2H3,(H,11,12,13). The SMILES string of the molecule is CC(C)c1cc(Br)c2n[nH]nc2c1. The fourth-order valence-electron chi connectivity index (χ4n) is 1.26. The molecule has 0 amide bonds. The van der Waals surface area contributed by atoms with Crippen LogP contribution in [-0.2, 0) is 0 Å². The number of rotatable bonds is 1. The Morgan fingerprint density at radius 3 is 2.77 bits per heavy atom. The monoisotopic (exact) mass is 239 g/mol. The van der Waals surface area contributed by atoms with E-state index >= 15 is 0 Å². The van der Waals surface area contributed by atoms with Gasteiger partial charge in [-0.25, -0.2) is 0 Å². The summed E-state index contributed by atoms with van der Waals surface area (Å²) in [4.78, 5) is 0. The van der Waals surface area contributed by atoms with Crippen LogP contribution < -0.4 is 0 Å². The van der Waals surface area contributed by atoms with Crippen LogP contribution in [0, 0.1) is 0 Å². The highest BCUT2D eigenvalue weighted by molar-refractivity contribution is 9.10. The van der Waals surface area contributed by atoms with Crippen LogP contribution in [0.25, 0.3) is 11.0 Å². The molecule has 3 nitrogen and oxygen atoms in total. The molecule has 0 aliphatic heterocycles. The van der Waals surface area contributed by atoms with E-state index in [1.165, 1.54) is 5.56 Å². The van der Waals surface area contributed by atoms with E-state index in [1.54, 1.807) is 0 Å². The average Bonchev–Trinajstić information content (AvgIpc) is 2.51. The molecule has 2 rings (SSSR count). The molecule has 0 aliphatic rings. The molecule has 1 N–H and O–H groups in total. The van der Waals surface area contributed by atoms with Crippen LogP contribution in [0.1, 0.15) is 25.3 Å². The van der Waals surface area contributed by atoms with Gasteiger partial charge in [-0.15, -0.1) is 0 Å². The van der Waals surface area contributed by atoms with Gasteiger partial charge in [0.15, 0.2) is 0 Å². The molecule has 1 aromatic heterocycles. The lowest BCUT2D eigenvalue weighted by molar-refractivity contribution is 0.867. The van der Waals surface area contributed by atoms with Crippen molar-refractivity contribution in [1.29, 1.82) is 0 Å². The highest BCUT2D eigenvalue weighted by Gasteiger charge is 2.07. The Kier molecular flexibility index (Phi) is 2.07. The van der Waals surface area contributed by atoms with Crippen LogP contribution in [-0.4, -0.2) is 15.4 Å². The molecule has 2 aromatic rings. The van der Waals surface area contributed by atoms with E-state index in [4.69, 9.17) is 0 Å². The van der Waals surface area contributed by atoms with Gasteiger partial charge in [0.05, 0.1) is 0 Å². The summed E-state index contributed by atoms with van der Waals surface area (Å²) in [5, 5.41) is 10.7. The van der Waals surface area contributed by atoms with E-state index in [0.29, 0.717) is 5.92 Å². The van der Waals surface area contributed by atoms with Crippen LogP contribution >= 0.6 is 15.9 Å². The first-order valence-electron chi connectivity index (χ1n) is 4.18.